The molecule has 1 aliphatic rings. The molecule has 1 aliphatic heterocycles. The van der Waals surface area contributed by atoms with E-state index in [9.17, 15) is 9.50 Å². The van der Waals surface area contributed by atoms with E-state index >= 15 is 0 Å². The Labute approximate surface area is 141 Å². The number of aliphatic hydroxyl groups is 1. The first-order valence-electron chi connectivity index (χ1n) is 8.28. The third kappa shape index (κ3) is 3.60. The summed E-state index contributed by atoms with van der Waals surface area (Å²) in [6.45, 7) is 2.58. The summed E-state index contributed by atoms with van der Waals surface area (Å²) < 4.78 is 20.4. The van der Waals surface area contributed by atoms with Crippen molar-refractivity contribution in [3.63, 3.8) is 0 Å². The van der Waals surface area contributed by atoms with Gasteiger partial charge in [-0.1, -0.05) is 6.07 Å². The van der Waals surface area contributed by atoms with Crippen molar-refractivity contribution in [1.82, 2.24) is 14.5 Å². The quantitative estimate of drug-likeness (QED) is 0.913. The number of rotatable bonds is 5. The molecule has 0 spiro atoms. The SMILES string of the molecule is COc1cc(CN2CCC([C@H](O)c3nccn3C)CC2)ccc1F. The molecule has 5 nitrogen and oxygen atoms in total. The fourth-order valence-electron chi connectivity index (χ4n) is 3.36. The van der Waals surface area contributed by atoms with Crippen molar-refractivity contribution in [2.45, 2.75) is 25.5 Å². The number of hydrogen-bond donors (Lipinski definition) is 1. The van der Waals surface area contributed by atoms with Gasteiger partial charge in [0.1, 0.15) is 11.9 Å². The van der Waals surface area contributed by atoms with Crippen LogP contribution < -0.4 is 4.74 Å². The van der Waals surface area contributed by atoms with Gasteiger partial charge < -0.3 is 14.4 Å². The molecule has 0 amide bonds. The smallest absolute Gasteiger partial charge is 0.165 e. The largest absolute Gasteiger partial charge is 0.494 e. The molecule has 0 unspecified atom stereocenters. The normalized spacial score (nSPS) is 17.8. The molecule has 1 saturated heterocycles. The molecule has 6 heteroatoms. The number of halogens is 1. The summed E-state index contributed by atoms with van der Waals surface area (Å²) in [4.78, 5) is 6.58. The Kier molecular flexibility index (Phi) is 5.16. The predicted octanol–water partition coefficient (Wildman–Crippen LogP) is 2.51. The van der Waals surface area contributed by atoms with Gasteiger partial charge in [0, 0.05) is 26.0 Å². The van der Waals surface area contributed by atoms with Gasteiger partial charge in [-0.05, 0) is 49.5 Å². The predicted molar refractivity (Wildman–Crippen MR) is 89.1 cm³/mol. The molecule has 1 N–H and O–H groups in total. The van der Waals surface area contributed by atoms with Gasteiger partial charge in [-0.2, -0.15) is 0 Å². The fourth-order valence-corrected chi connectivity index (χ4v) is 3.36. The van der Waals surface area contributed by atoms with Crippen molar-refractivity contribution in [3.05, 3.63) is 47.8 Å². The monoisotopic (exact) mass is 333 g/mol. The van der Waals surface area contributed by atoms with Crippen LogP contribution in [-0.4, -0.2) is 39.8 Å². The first-order chi connectivity index (χ1) is 11.6. The molecule has 0 bridgehead atoms. The summed E-state index contributed by atoms with van der Waals surface area (Å²) in [6, 6.07) is 5.00. The maximum absolute atomic E-state index is 13.5. The summed E-state index contributed by atoms with van der Waals surface area (Å²) in [6.07, 6.45) is 4.90. The summed E-state index contributed by atoms with van der Waals surface area (Å²) in [5.41, 5.74) is 1.04. The second-order valence-electron chi connectivity index (χ2n) is 6.42. The standard InChI is InChI=1S/C18H24FN3O2/c1-21-10-7-20-18(21)17(23)14-5-8-22(9-6-14)12-13-3-4-15(19)16(11-13)24-2/h3-4,7,10-11,14,17,23H,5-6,8-9,12H2,1-2H3/t17-/m0/s1. The number of hydrogen-bond acceptors (Lipinski definition) is 4. The van der Waals surface area contributed by atoms with E-state index in [0.29, 0.717) is 0 Å². The third-order valence-electron chi connectivity index (χ3n) is 4.82. The van der Waals surface area contributed by atoms with Crippen LogP contribution in [0.2, 0.25) is 0 Å². The van der Waals surface area contributed by atoms with Crippen LogP contribution in [0, 0.1) is 11.7 Å². The number of aryl methyl sites for hydroxylation is 1. The van der Waals surface area contributed by atoms with E-state index in [0.717, 1.165) is 43.9 Å². The molecule has 130 valence electrons. The summed E-state index contributed by atoms with van der Waals surface area (Å²) in [5.74, 6) is 0.910. The van der Waals surface area contributed by atoms with Crippen LogP contribution in [0.1, 0.15) is 30.3 Å². The minimum atomic E-state index is -0.516. The number of aliphatic hydroxyl groups excluding tert-OH is 1. The fraction of sp³-hybridized carbons (Fsp3) is 0.500. The zero-order valence-corrected chi connectivity index (χ0v) is 14.2. The number of benzene rings is 1. The highest BCUT2D eigenvalue weighted by Gasteiger charge is 2.28. The van der Waals surface area contributed by atoms with E-state index < -0.39 is 6.10 Å². The lowest BCUT2D eigenvalue weighted by molar-refractivity contribution is 0.0492. The van der Waals surface area contributed by atoms with Crippen LogP contribution in [0.5, 0.6) is 5.75 Å². The van der Waals surface area contributed by atoms with Crippen molar-refractivity contribution in [3.8, 4) is 5.75 Å². The molecule has 2 aromatic rings. The zero-order valence-electron chi connectivity index (χ0n) is 14.2. The Hall–Kier alpha value is -1.92. The molecule has 0 aliphatic carbocycles. The number of ether oxygens (including phenoxy) is 1. The highest BCUT2D eigenvalue weighted by Crippen LogP contribution is 2.30. The highest BCUT2D eigenvalue weighted by molar-refractivity contribution is 5.30. The number of imidazole rings is 1. The molecule has 1 aromatic heterocycles. The third-order valence-corrected chi connectivity index (χ3v) is 4.82. The molecule has 1 aromatic carbocycles. The first-order valence-corrected chi connectivity index (χ1v) is 8.28. The second kappa shape index (κ2) is 7.32. The van der Waals surface area contributed by atoms with E-state index in [1.165, 1.54) is 13.2 Å². The van der Waals surface area contributed by atoms with Crippen molar-refractivity contribution in [2.75, 3.05) is 20.2 Å². The van der Waals surface area contributed by atoms with E-state index in [1.54, 1.807) is 18.3 Å². The Morgan fingerprint density at radius 2 is 2.12 bits per heavy atom. The van der Waals surface area contributed by atoms with Gasteiger partial charge in [-0.3, -0.25) is 4.90 Å². The highest BCUT2D eigenvalue weighted by atomic mass is 19.1. The van der Waals surface area contributed by atoms with E-state index in [2.05, 4.69) is 9.88 Å². The van der Waals surface area contributed by atoms with E-state index in [4.69, 9.17) is 4.74 Å². The topological polar surface area (TPSA) is 50.5 Å². The first kappa shape index (κ1) is 16.9. The molecule has 0 radical (unpaired) electrons. The molecule has 24 heavy (non-hydrogen) atoms. The van der Waals surface area contributed by atoms with Gasteiger partial charge in [-0.15, -0.1) is 0 Å². The lowest BCUT2D eigenvalue weighted by atomic mass is 9.90. The molecule has 1 fully saturated rings. The molecule has 3 rings (SSSR count). The Balaban J connectivity index is 1.56. The Morgan fingerprint density at radius 1 is 1.38 bits per heavy atom. The Bertz CT molecular complexity index is 681. The maximum Gasteiger partial charge on any atom is 0.165 e. The van der Waals surface area contributed by atoms with Crippen molar-refractivity contribution in [1.29, 1.82) is 0 Å². The number of piperidine rings is 1. The summed E-state index contributed by atoms with van der Waals surface area (Å²) in [7, 11) is 3.38. The molecule has 0 saturated carbocycles. The number of nitrogens with zero attached hydrogens (tertiary/aromatic N) is 3. The summed E-state index contributed by atoms with van der Waals surface area (Å²) in [5, 5.41) is 10.5. The van der Waals surface area contributed by atoms with Crippen molar-refractivity contribution >= 4 is 0 Å². The minimum absolute atomic E-state index is 0.227. The van der Waals surface area contributed by atoms with E-state index in [-0.39, 0.29) is 17.5 Å². The van der Waals surface area contributed by atoms with Gasteiger partial charge in [0.2, 0.25) is 0 Å². The van der Waals surface area contributed by atoms with Crippen LogP contribution in [0.3, 0.4) is 0 Å². The van der Waals surface area contributed by atoms with Crippen molar-refractivity contribution < 1.29 is 14.2 Å². The average molecular weight is 333 g/mol. The average Bonchev–Trinajstić information content (AvgIpc) is 3.02. The van der Waals surface area contributed by atoms with Crippen LogP contribution >= 0.6 is 0 Å². The number of aromatic nitrogens is 2. The van der Waals surface area contributed by atoms with Crippen LogP contribution in [0.25, 0.3) is 0 Å². The van der Waals surface area contributed by atoms with Gasteiger partial charge in [-0.25, -0.2) is 9.37 Å². The maximum atomic E-state index is 13.5. The lowest BCUT2D eigenvalue weighted by Crippen LogP contribution is -2.35. The molecule has 2 heterocycles. The number of methoxy groups -OCH3 is 1. The molecule has 1 atom stereocenters. The van der Waals surface area contributed by atoms with Crippen LogP contribution in [0.15, 0.2) is 30.6 Å². The van der Waals surface area contributed by atoms with Crippen molar-refractivity contribution in [2.24, 2.45) is 13.0 Å². The van der Waals surface area contributed by atoms with Gasteiger partial charge >= 0.3 is 0 Å². The van der Waals surface area contributed by atoms with Gasteiger partial charge in [0.15, 0.2) is 11.6 Å². The zero-order chi connectivity index (χ0) is 17.1. The van der Waals surface area contributed by atoms with Crippen LogP contribution in [-0.2, 0) is 13.6 Å². The van der Waals surface area contributed by atoms with Crippen LogP contribution in [0.4, 0.5) is 4.39 Å². The second-order valence-corrected chi connectivity index (χ2v) is 6.42. The molecular formula is C18H24FN3O2. The minimum Gasteiger partial charge on any atom is -0.494 e. The number of likely N-dealkylation sites (tertiary alicyclic amines) is 1. The van der Waals surface area contributed by atoms with Gasteiger partial charge in [0.25, 0.3) is 0 Å². The summed E-state index contributed by atoms with van der Waals surface area (Å²) >= 11 is 0. The molecular weight excluding hydrogens is 309 g/mol. The van der Waals surface area contributed by atoms with Gasteiger partial charge in [0.05, 0.1) is 7.11 Å². The van der Waals surface area contributed by atoms with E-state index in [1.807, 2.05) is 17.8 Å². The Morgan fingerprint density at radius 3 is 2.75 bits per heavy atom. The lowest BCUT2D eigenvalue weighted by Gasteiger charge is -2.34.